The molecule has 2 rings (SSSR count). The Morgan fingerprint density at radius 1 is 0.778 bits per heavy atom. The van der Waals surface area contributed by atoms with Crippen LogP contribution < -0.4 is 0 Å². The Morgan fingerprint density at radius 3 is 1.56 bits per heavy atom. The van der Waals surface area contributed by atoms with Crippen LogP contribution in [0.1, 0.15) is 0 Å². The van der Waals surface area contributed by atoms with E-state index in [2.05, 4.69) is 47.8 Å². The van der Waals surface area contributed by atoms with Gasteiger partial charge in [-0.25, -0.2) is 0 Å². The van der Waals surface area contributed by atoms with Crippen molar-refractivity contribution in [2.75, 3.05) is 67.5 Å². The van der Waals surface area contributed by atoms with Crippen LogP contribution in [0.15, 0.2) is 0 Å². The number of Topliss-reactive ketones (excluding diaryl/α,β-unsaturated/α-hetero) is 1. The van der Waals surface area contributed by atoms with Gasteiger partial charge < -0.3 is 9.80 Å². The van der Waals surface area contributed by atoms with Crippen molar-refractivity contribution in [2.45, 2.75) is 12.1 Å². The number of carbonyl (C=O) groups excluding carboxylic acids is 1. The van der Waals surface area contributed by atoms with Crippen LogP contribution in [0.4, 0.5) is 0 Å². The zero-order valence-corrected chi connectivity index (χ0v) is 12.1. The van der Waals surface area contributed by atoms with Crippen LogP contribution in [0.3, 0.4) is 0 Å². The van der Waals surface area contributed by atoms with Crippen LogP contribution in [0.5, 0.6) is 0 Å². The number of carbonyl (C=O) groups is 1. The molecule has 0 bridgehead atoms. The minimum absolute atomic E-state index is 0.0581. The number of rotatable bonds is 2. The molecule has 2 heterocycles. The number of likely N-dealkylation sites (N-methyl/N-ethyl adjacent to an activating group) is 4. The fourth-order valence-electron chi connectivity index (χ4n) is 2.86. The summed E-state index contributed by atoms with van der Waals surface area (Å²) in [5.74, 6) is 0.387. The van der Waals surface area contributed by atoms with Crippen molar-refractivity contribution in [1.82, 2.24) is 19.6 Å². The smallest absolute Gasteiger partial charge is 0.169 e. The van der Waals surface area contributed by atoms with Gasteiger partial charge in [-0.1, -0.05) is 0 Å². The van der Waals surface area contributed by atoms with Crippen molar-refractivity contribution in [3.8, 4) is 0 Å². The minimum Gasteiger partial charge on any atom is -0.303 e. The molecule has 104 valence electrons. The van der Waals surface area contributed by atoms with Gasteiger partial charge in [-0.3, -0.25) is 14.6 Å². The molecule has 0 aromatic carbocycles. The molecule has 0 saturated carbocycles. The average molecular weight is 254 g/mol. The first-order valence-corrected chi connectivity index (χ1v) is 6.80. The summed E-state index contributed by atoms with van der Waals surface area (Å²) in [7, 11) is 8.35. The molecule has 5 nitrogen and oxygen atoms in total. The number of hydrogen-bond donors (Lipinski definition) is 0. The van der Waals surface area contributed by atoms with Gasteiger partial charge in [0, 0.05) is 39.3 Å². The molecule has 18 heavy (non-hydrogen) atoms. The van der Waals surface area contributed by atoms with E-state index in [4.69, 9.17) is 0 Å². The molecule has 0 spiro atoms. The first kappa shape index (κ1) is 13.9. The Labute approximate surface area is 110 Å². The monoisotopic (exact) mass is 254 g/mol. The topological polar surface area (TPSA) is 30.0 Å². The Bertz CT molecular complexity index is 281. The Kier molecular flexibility index (Phi) is 4.37. The maximum Gasteiger partial charge on any atom is 0.169 e. The lowest BCUT2D eigenvalue weighted by Crippen LogP contribution is -2.62. The maximum atomic E-state index is 12.7. The third kappa shape index (κ3) is 2.91. The van der Waals surface area contributed by atoms with Crippen LogP contribution in [0.25, 0.3) is 0 Å². The molecule has 2 aliphatic heterocycles. The molecule has 2 aliphatic rings. The second-order valence-corrected chi connectivity index (χ2v) is 5.92. The fourth-order valence-corrected chi connectivity index (χ4v) is 2.86. The van der Waals surface area contributed by atoms with Crippen molar-refractivity contribution in [2.24, 2.45) is 0 Å². The molecule has 2 unspecified atom stereocenters. The van der Waals surface area contributed by atoms with E-state index in [1.54, 1.807) is 0 Å². The third-order valence-corrected chi connectivity index (χ3v) is 4.36. The van der Waals surface area contributed by atoms with Crippen molar-refractivity contribution >= 4 is 5.78 Å². The summed E-state index contributed by atoms with van der Waals surface area (Å²) in [6.07, 6.45) is 0. The molecular weight excluding hydrogens is 228 g/mol. The molecule has 0 N–H and O–H groups in total. The van der Waals surface area contributed by atoms with Gasteiger partial charge in [-0.2, -0.15) is 0 Å². The van der Waals surface area contributed by atoms with Crippen molar-refractivity contribution in [3.63, 3.8) is 0 Å². The Balaban J connectivity index is 2.04. The standard InChI is InChI=1S/C13H26N4O/c1-14-5-7-16(3)11(9-14)13(18)12-10-15(2)6-8-17(12)4/h11-12H,5-10H2,1-4H3. The van der Waals surface area contributed by atoms with E-state index in [1.807, 2.05) is 0 Å². The van der Waals surface area contributed by atoms with E-state index in [1.165, 1.54) is 0 Å². The van der Waals surface area contributed by atoms with Gasteiger partial charge in [-0.05, 0) is 28.2 Å². The van der Waals surface area contributed by atoms with Gasteiger partial charge in [0.1, 0.15) is 0 Å². The summed E-state index contributed by atoms with van der Waals surface area (Å²) in [6, 6.07) is 0.116. The highest BCUT2D eigenvalue weighted by atomic mass is 16.1. The van der Waals surface area contributed by atoms with Crippen LogP contribution in [-0.4, -0.2) is 105 Å². The van der Waals surface area contributed by atoms with Crippen molar-refractivity contribution < 1.29 is 4.79 Å². The van der Waals surface area contributed by atoms with Crippen LogP contribution >= 0.6 is 0 Å². The summed E-state index contributed by atoms with van der Waals surface area (Å²) in [5, 5.41) is 0. The highest BCUT2D eigenvalue weighted by molar-refractivity contribution is 5.89. The quantitative estimate of drug-likeness (QED) is 0.634. The summed E-state index contributed by atoms with van der Waals surface area (Å²) >= 11 is 0. The zero-order chi connectivity index (χ0) is 13.3. The summed E-state index contributed by atoms with van der Waals surface area (Å²) in [5.41, 5.74) is 0. The molecule has 2 atom stereocenters. The van der Waals surface area contributed by atoms with Crippen LogP contribution in [0, 0.1) is 0 Å². The molecule has 0 amide bonds. The summed E-state index contributed by atoms with van der Waals surface area (Å²) < 4.78 is 0. The Morgan fingerprint density at radius 2 is 1.17 bits per heavy atom. The number of nitrogens with zero attached hydrogens (tertiary/aromatic N) is 4. The molecule has 0 aromatic rings. The zero-order valence-electron chi connectivity index (χ0n) is 12.1. The van der Waals surface area contributed by atoms with E-state index in [-0.39, 0.29) is 12.1 Å². The van der Waals surface area contributed by atoms with E-state index in [9.17, 15) is 4.79 Å². The SMILES string of the molecule is CN1CCN(C)C(C(=O)C2CN(C)CCN2C)C1. The second-order valence-electron chi connectivity index (χ2n) is 5.92. The molecule has 0 aromatic heterocycles. The fraction of sp³-hybridized carbons (Fsp3) is 0.923. The lowest BCUT2D eigenvalue weighted by molar-refractivity contribution is -0.132. The molecule has 2 fully saturated rings. The van der Waals surface area contributed by atoms with Gasteiger partial charge in [0.2, 0.25) is 0 Å². The predicted molar refractivity (Wildman–Crippen MR) is 72.8 cm³/mol. The number of piperazine rings is 2. The van der Waals surface area contributed by atoms with E-state index in [0.717, 1.165) is 39.3 Å². The molecule has 0 aliphatic carbocycles. The van der Waals surface area contributed by atoms with Gasteiger partial charge in [0.25, 0.3) is 0 Å². The van der Waals surface area contributed by atoms with Crippen LogP contribution in [0.2, 0.25) is 0 Å². The highest BCUT2D eigenvalue weighted by Crippen LogP contribution is 2.14. The van der Waals surface area contributed by atoms with Gasteiger partial charge in [0.15, 0.2) is 5.78 Å². The Hall–Kier alpha value is -0.490. The average Bonchev–Trinajstić information content (AvgIpc) is 2.34. The molecule has 5 heteroatoms. The van der Waals surface area contributed by atoms with Crippen LogP contribution in [-0.2, 0) is 4.79 Å². The first-order chi connectivity index (χ1) is 8.49. The minimum atomic E-state index is 0.0581. The lowest BCUT2D eigenvalue weighted by Gasteiger charge is -2.42. The maximum absolute atomic E-state index is 12.7. The van der Waals surface area contributed by atoms with E-state index < -0.39 is 0 Å². The van der Waals surface area contributed by atoms with Crippen molar-refractivity contribution in [3.05, 3.63) is 0 Å². The van der Waals surface area contributed by atoms with Gasteiger partial charge >= 0.3 is 0 Å². The number of ketones is 1. The van der Waals surface area contributed by atoms with E-state index in [0.29, 0.717) is 5.78 Å². The van der Waals surface area contributed by atoms with Gasteiger partial charge in [0.05, 0.1) is 12.1 Å². The van der Waals surface area contributed by atoms with E-state index >= 15 is 0 Å². The number of hydrogen-bond acceptors (Lipinski definition) is 5. The normalized spacial score (nSPS) is 33.8. The predicted octanol–water partition coefficient (Wildman–Crippen LogP) is -0.953. The molecule has 0 radical (unpaired) electrons. The summed E-state index contributed by atoms with van der Waals surface area (Å²) in [6.45, 7) is 5.81. The molecule has 2 saturated heterocycles. The first-order valence-electron chi connectivity index (χ1n) is 6.80. The third-order valence-electron chi connectivity index (χ3n) is 4.36. The molecular formula is C13H26N4O. The second kappa shape index (κ2) is 5.65. The highest BCUT2D eigenvalue weighted by Gasteiger charge is 2.36. The lowest BCUT2D eigenvalue weighted by atomic mass is 9.99. The summed E-state index contributed by atoms with van der Waals surface area (Å²) in [4.78, 5) is 21.7. The largest absolute Gasteiger partial charge is 0.303 e. The van der Waals surface area contributed by atoms with Crippen molar-refractivity contribution in [1.29, 1.82) is 0 Å². The van der Waals surface area contributed by atoms with Gasteiger partial charge in [-0.15, -0.1) is 0 Å².